The summed E-state index contributed by atoms with van der Waals surface area (Å²) in [6, 6.07) is 2.23. The first-order valence-electron chi connectivity index (χ1n) is 6.40. The fourth-order valence-electron chi connectivity index (χ4n) is 2.58. The van der Waals surface area contributed by atoms with Crippen molar-refractivity contribution >= 4 is 5.82 Å². The highest BCUT2D eigenvalue weighted by atomic mass is 16.3. The van der Waals surface area contributed by atoms with E-state index in [1.165, 1.54) is 0 Å². The van der Waals surface area contributed by atoms with Gasteiger partial charge in [0, 0.05) is 31.9 Å². The molecule has 1 aromatic rings. The van der Waals surface area contributed by atoms with Gasteiger partial charge < -0.3 is 15.7 Å². The molecule has 0 spiro atoms. The molecular formula is C12H23N5O. The van der Waals surface area contributed by atoms with Gasteiger partial charge in [-0.2, -0.15) is 5.10 Å². The second-order valence-electron chi connectivity index (χ2n) is 5.30. The zero-order valence-electron chi connectivity index (χ0n) is 11.2. The number of aromatic nitrogens is 2. The highest BCUT2D eigenvalue weighted by molar-refractivity contribution is 5.23. The lowest BCUT2D eigenvalue weighted by atomic mass is 10.2. The Bertz CT molecular complexity index is 378. The highest BCUT2D eigenvalue weighted by Gasteiger charge is 2.30. The van der Waals surface area contributed by atoms with Crippen LogP contribution >= 0.6 is 0 Å². The monoisotopic (exact) mass is 253 g/mol. The zero-order chi connectivity index (χ0) is 13.1. The summed E-state index contributed by atoms with van der Waals surface area (Å²) < 4.78 is 1.85. The average Bonchev–Trinajstić information content (AvgIpc) is 2.82. The Hall–Kier alpha value is -1.11. The molecule has 1 aliphatic heterocycles. The van der Waals surface area contributed by atoms with Gasteiger partial charge in [-0.3, -0.25) is 9.58 Å². The molecule has 0 bridgehead atoms. The first-order valence-corrected chi connectivity index (χ1v) is 6.40. The molecule has 0 radical (unpaired) electrons. The van der Waals surface area contributed by atoms with Gasteiger partial charge in [0.25, 0.3) is 0 Å². The summed E-state index contributed by atoms with van der Waals surface area (Å²) in [5.41, 5.74) is 5.59. The van der Waals surface area contributed by atoms with E-state index in [9.17, 15) is 5.11 Å². The molecule has 0 saturated carbocycles. The van der Waals surface area contributed by atoms with Crippen molar-refractivity contribution in [2.24, 2.45) is 0 Å². The highest BCUT2D eigenvalue weighted by Crippen LogP contribution is 2.18. The average molecular weight is 253 g/mol. The van der Waals surface area contributed by atoms with Crippen molar-refractivity contribution in [3.63, 3.8) is 0 Å². The third-order valence-electron chi connectivity index (χ3n) is 3.36. The minimum absolute atomic E-state index is 0.197. The van der Waals surface area contributed by atoms with Gasteiger partial charge in [-0.25, -0.2) is 0 Å². The number of nitrogen functional groups attached to an aromatic ring is 1. The van der Waals surface area contributed by atoms with E-state index < -0.39 is 0 Å². The molecule has 0 amide bonds. The number of aliphatic hydroxyl groups excluding tert-OH is 1. The third kappa shape index (κ3) is 3.44. The van der Waals surface area contributed by atoms with Gasteiger partial charge in [-0.15, -0.1) is 0 Å². The molecule has 1 saturated heterocycles. The summed E-state index contributed by atoms with van der Waals surface area (Å²) in [4.78, 5) is 4.50. The fraction of sp³-hybridized carbons (Fsp3) is 0.750. The molecule has 0 aliphatic carbocycles. The number of anilines is 1. The van der Waals surface area contributed by atoms with Crippen molar-refractivity contribution in [2.45, 2.75) is 25.1 Å². The van der Waals surface area contributed by atoms with Gasteiger partial charge in [0.2, 0.25) is 0 Å². The number of likely N-dealkylation sites (N-methyl/N-ethyl adjacent to an activating group) is 1. The van der Waals surface area contributed by atoms with E-state index in [4.69, 9.17) is 5.73 Å². The van der Waals surface area contributed by atoms with Crippen LogP contribution in [0.3, 0.4) is 0 Å². The van der Waals surface area contributed by atoms with Gasteiger partial charge in [0.05, 0.1) is 12.6 Å². The Morgan fingerprint density at radius 1 is 1.50 bits per heavy atom. The van der Waals surface area contributed by atoms with Gasteiger partial charge in [-0.1, -0.05) is 0 Å². The molecule has 1 aromatic heterocycles. The number of rotatable bonds is 5. The van der Waals surface area contributed by atoms with Gasteiger partial charge in [0.1, 0.15) is 5.82 Å². The van der Waals surface area contributed by atoms with Gasteiger partial charge in [0.15, 0.2) is 0 Å². The molecular weight excluding hydrogens is 230 g/mol. The van der Waals surface area contributed by atoms with E-state index in [0.717, 1.165) is 32.6 Å². The van der Waals surface area contributed by atoms with Crippen LogP contribution in [0.4, 0.5) is 5.82 Å². The minimum atomic E-state index is -0.197. The first-order chi connectivity index (χ1) is 8.54. The quantitative estimate of drug-likeness (QED) is 0.737. The van der Waals surface area contributed by atoms with Gasteiger partial charge >= 0.3 is 0 Å². The van der Waals surface area contributed by atoms with Crippen LogP contribution in [0.25, 0.3) is 0 Å². The number of hydrogen-bond donors (Lipinski definition) is 2. The maximum atomic E-state index is 9.78. The van der Waals surface area contributed by atoms with Crippen molar-refractivity contribution in [1.29, 1.82) is 0 Å². The predicted octanol–water partition coefficient (Wildman–Crippen LogP) is -0.538. The number of nitrogens with two attached hydrogens (primary N) is 1. The molecule has 2 atom stereocenters. The standard InChI is InChI=1S/C12H23N5O/c1-15(2)8-10-7-11(18)9-16(10)5-6-17-4-3-12(13)14-17/h3-4,10-11,18H,5-9H2,1-2H3,(H2,13,14). The minimum Gasteiger partial charge on any atom is -0.392 e. The molecule has 102 valence electrons. The van der Waals surface area contributed by atoms with Crippen molar-refractivity contribution in [3.05, 3.63) is 12.3 Å². The third-order valence-corrected chi connectivity index (χ3v) is 3.36. The van der Waals surface area contributed by atoms with E-state index in [1.807, 2.05) is 10.9 Å². The zero-order valence-corrected chi connectivity index (χ0v) is 11.2. The van der Waals surface area contributed by atoms with E-state index in [1.54, 1.807) is 6.07 Å². The van der Waals surface area contributed by atoms with Crippen molar-refractivity contribution < 1.29 is 5.11 Å². The molecule has 2 rings (SSSR count). The Kier molecular flexibility index (Phi) is 4.21. The second-order valence-corrected chi connectivity index (χ2v) is 5.30. The summed E-state index contributed by atoms with van der Waals surface area (Å²) >= 11 is 0. The van der Waals surface area contributed by atoms with Crippen molar-refractivity contribution in [3.8, 4) is 0 Å². The molecule has 18 heavy (non-hydrogen) atoms. The Balaban J connectivity index is 1.86. The van der Waals surface area contributed by atoms with Crippen LogP contribution in [0.2, 0.25) is 0 Å². The number of hydrogen-bond acceptors (Lipinski definition) is 5. The molecule has 3 N–H and O–H groups in total. The molecule has 6 nitrogen and oxygen atoms in total. The van der Waals surface area contributed by atoms with Crippen LogP contribution in [-0.2, 0) is 6.54 Å². The summed E-state index contributed by atoms with van der Waals surface area (Å²) in [6.07, 6.45) is 2.56. The molecule has 1 fully saturated rings. The van der Waals surface area contributed by atoms with Gasteiger partial charge in [-0.05, 0) is 26.6 Å². The predicted molar refractivity (Wildman–Crippen MR) is 71.2 cm³/mol. The largest absolute Gasteiger partial charge is 0.392 e. The fourth-order valence-corrected chi connectivity index (χ4v) is 2.58. The smallest absolute Gasteiger partial charge is 0.145 e. The van der Waals surface area contributed by atoms with E-state index in [-0.39, 0.29) is 6.10 Å². The van der Waals surface area contributed by atoms with E-state index in [0.29, 0.717) is 11.9 Å². The SMILES string of the molecule is CN(C)CC1CC(O)CN1CCn1ccc(N)n1. The van der Waals surface area contributed by atoms with E-state index in [2.05, 4.69) is 29.0 Å². The maximum Gasteiger partial charge on any atom is 0.145 e. The van der Waals surface area contributed by atoms with Crippen LogP contribution in [0.15, 0.2) is 12.3 Å². The lowest BCUT2D eigenvalue weighted by molar-refractivity contribution is 0.169. The summed E-state index contributed by atoms with van der Waals surface area (Å²) in [7, 11) is 4.13. The number of aliphatic hydroxyl groups is 1. The molecule has 6 heteroatoms. The summed E-state index contributed by atoms with van der Waals surface area (Å²) in [5.74, 6) is 0.557. The molecule has 2 heterocycles. The second kappa shape index (κ2) is 5.69. The number of likely N-dealkylation sites (tertiary alicyclic amines) is 1. The van der Waals surface area contributed by atoms with Crippen molar-refractivity contribution in [1.82, 2.24) is 19.6 Å². The number of β-amino-alcohol motifs (C(OH)–C–C–N with tert-alkyl or cyclic N) is 1. The Labute approximate surface area is 108 Å². The van der Waals surface area contributed by atoms with Crippen LogP contribution in [-0.4, -0.2) is 70.6 Å². The van der Waals surface area contributed by atoms with E-state index >= 15 is 0 Å². The van der Waals surface area contributed by atoms with Crippen LogP contribution < -0.4 is 5.73 Å². The van der Waals surface area contributed by atoms with Crippen molar-refractivity contribution in [2.75, 3.05) is 39.5 Å². The maximum absolute atomic E-state index is 9.78. The Morgan fingerprint density at radius 3 is 2.89 bits per heavy atom. The molecule has 0 aromatic carbocycles. The lowest BCUT2D eigenvalue weighted by Crippen LogP contribution is -2.39. The Morgan fingerprint density at radius 2 is 2.28 bits per heavy atom. The molecule has 1 aliphatic rings. The van der Waals surface area contributed by atoms with Crippen LogP contribution in [0.5, 0.6) is 0 Å². The topological polar surface area (TPSA) is 70.5 Å². The summed E-state index contributed by atoms with van der Waals surface area (Å²) in [5, 5.41) is 14.0. The summed E-state index contributed by atoms with van der Waals surface area (Å²) in [6.45, 7) is 3.46. The number of nitrogens with zero attached hydrogens (tertiary/aromatic N) is 4. The van der Waals surface area contributed by atoms with Crippen LogP contribution in [0.1, 0.15) is 6.42 Å². The lowest BCUT2D eigenvalue weighted by Gasteiger charge is -2.26. The normalized spacial score (nSPS) is 25.1. The van der Waals surface area contributed by atoms with Crippen LogP contribution in [0, 0.1) is 0 Å². The molecule has 2 unspecified atom stereocenters. The first kappa shape index (κ1) is 13.3.